The molecule has 120 valence electrons. The Bertz CT molecular complexity index is 226. The average Bonchev–Trinajstić information content (AvgIpc) is 2.46. The maximum atomic E-state index is 5.92. The van der Waals surface area contributed by atoms with Crippen molar-refractivity contribution in [3.8, 4) is 0 Å². The Morgan fingerprint density at radius 2 is 1.20 bits per heavy atom. The molecule has 0 aromatic carbocycles. The van der Waals surface area contributed by atoms with Gasteiger partial charge >= 0.3 is 0 Å². The van der Waals surface area contributed by atoms with Crippen LogP contribution in [0.5, 0.6) is 0 Å². The van der Waals surface area contributed by atoms with Crippen molar-refractivity contribution in [3.05, 3.63) is 0 Å². The van der Waals surface area contributed by atoms with Gasteiger partial charge in [-0.1, -0.05) is 12.6 Å². The maximum absolute atomic E-state index is 5.92. The molecule has 0 fully saturated rings. The monoisotopic (exact) mass is 304 g/mol. The highest BCUT2D eigenvalue weighted by atomic mass is 28.2. The largest absolute Gasteiger partial charge is 0.379 e. The summed E-state index contributed by atoms with van der Waals surface area (Å²) < 4.78 is 23.0. The van der Waals surface area contributed by atoms with Gasteiger partial charge in [0.2, 0.25) is 0 Å². The van der Waals surface area contributed by atoms with E-state index >= 15 is 0 Å². The molecule has 2 atom stereocenters. The molecule has 0 amide bonds. The van der Waals surface area contributed by atoms with E-state index in [9.17, 15) is 0 Å². The lowest BCUT2D eigenvalue weighted by Gasteiger charge is -2.26. The molecule has 0 N–H and O–H groups in total. The van der Waals surface area contributed by atoms with Crippen molar-refractivity contribution >= 4 is 14.1 Å². The van der Waals surface area contributed by atoms with E-state index < -0.39 is 8.41 Å². The number of hydrogen-bond donors (Lipinski definition) is 0. The van der Waals surface area contributed by atoms with Crippen LogP contribution in [0.25, 0.3) is 0 Å². The van der Waals surface area contributed by atoms with Crippen LogP contribution in [0.15, 0.2) is 0 Å². The van der Waals surface area contributed by atoms with E-state index in [1.807, 2.05) is 27.7 Å². The second-order valence-corrected chi connectivity index (χ2v) is 7.02. The lowest BCUT2D eigenvalue weighted by atomic mass is 10.6. The first-order chi connectivity index (χ1) is 9.74. The van der Waals surface area contributed by atoms with Gasteiger partial charge in [0.1, 0.15) is 0 Å². The minimum Gasteiger partial charge on any atom is -0.379 e. The third-order valence-electron chi connectivity index (χ3n) is 2.87. The molecule has 2 unspecified atom stereocenters. The Morgan fingerprint density at radius 3 is 1.50 bits per heavy atom. The van der Waals surface area contributed by atoms with E-state index in [0.29, 0.717) is 26.4 Å². The Balaban J connectivity index is 4.93. The molecule has 0 heterocycles. The molecule has 20 heavy (non-hydrogen) atoms. The van der Waals surface area contributed by atoms with Gasteiger partial charge in [0.05, 0.1) is 33.1 Å². The number of hydrogen-bond acceptors (Lipinski definition) is 4. The Labute approximate surface area is 126 Å². The van der Waals surface area contributed by atoms with Gasteiger partial charge in [0, 0.05) is 26.4 Å². The van der Waals surface area contributed by atoms with E-state index in [1.54, 1.807) is 0 Å². The van der Waals surface area contributed by atoms with Crippen LogP contribution in [0.1, 0.15) is 41.0 Å². The summed E-state index contributed by atoms with van der Waals surface area (Å²) in [4.78, 5) is 0. The molecule has 0 aromatic heterocycles. The highest BCUT2D eigenvalue weighted by Crippen LogP contribution is 2.05. The summed E-state index contributed by atoms with van der Waals surface area (Å²) in [6.07, 6.45) is 1.03. The summed E-state index contributed by atoms with van der Waals surface area (Å²) in [7, 11) is -0.962. The molecule has 0 rings (SSSR count). The van der Waals surface area contributed by atoms with Crippen LogP contribution in [0.3, 0.4) is 0 Å². The lowest BCUT2D eigenvalue weighted by molar-refractivity contribution is 0.00914. The first kappa shape index (κ1) is 19.9. The first-order valence-electron chi connectivity index (χ1n) is 7.83. The molecule has 0 radical (unpaired) electrons. The van der Waals surface area contributed by atoms with Crippen molar-refractivity contribution in [3.63, 3.8) is 0 Å². The molecule has 0 aliphatic carbocycles. The van der Waals surface area contributed by atoms with Crippen LogP contribution in [0.2, 0.25) is 0 Å². The number of ether oxygens (including phenoxy) is 4. The van der Waals surface area contributed by atoms with Gasteiger partial charge in [0.25, 0.3) is 0 Å². The van der Waals surface area contributed by atoms with Crippen molar-refractivity contribution in [2.24, 2.45) is 0 Å². The van der Waals surface area contributed by atoms with Gasteiger partial charge in [-0.05, 0) is 34.1 Å². The van der Waals surface area contributed by atoms with Crippen LogP contribution < -0.4 is 0 Å². The fraction of sp³-hybridized carbons (Fsp3) is 0.933. The quantitative estimate of drug-likeness (QED) is 0.489. The second-order valence-electron chi connectivity index (χ2n) is 4.32. The predicted molar refractivity (Wildman–Crippen MR) is 85.9 cm³/mol. The SMILES string of the molecule is CCC=[Si](C(COCC)OCC)C(COCC)OCC. The van der Waals surface area contributed by atoms with Crippen molar-refractivity contribution in [1.82, 2.24) is 0 Å². The molecular weight excluding hydrogens is 272 g/mol. The van der Waals surface area contributed by atoms with Crippen LogP contribution in [-0.4, -0.2) is 65.2 Å². The molecule has 5 heteroatoms. The van der Waals surface area contributed by atoms with Crippen LogP contribution in [-0.2, 0) is 18.9 Å². The van der Waals surface area contributed by atoms with Gasteiger partial charge in [-0.2, -0.15) is 0 Å². The molecule has 0 spiro atoms. The van der Waals surface area contributed by atoms with E-state index in [-0.39, 0.29) is 11.5 Å². The van der Waals surface area contributed by atoms with E-state index in [4.69, 9.17) is 18.9 Å². The summed E-state index contributed by atoms with van der Waals surface area (Å²) in [6, 6.07) is 0. The summed E-state index contributed by atoms with van der Waals surface area (Å²) >= 11 is 0. The zero-order valence-corrected chi connectivity index (χ0v) is 14.8. The van der Waals surface area contributed by atoms with Crippen LogP contribution in [0.4, 0.5) is 0 Å². The first-order valence-corrected chi connectivity index (χ1v) is 9.56. The molecule has 0 aliphatic rings. The Morgan fingerprint density at radius 1 is 0.750 bits per heavy atom. The van der Waals surface area contributed by atoms with Crippen molar-refractivity contribution in [2.45, 2.75) is 52.5 Å². The highest BCUT2D eigenvalue weighted by Gasteiger charge is 2.25. The van der Waals surface area contributed by atoms with Crippen molar-refractivity contribution in [2.75, 3.05) is 39.6 Å². The summed E-state index contributed by atoms with van der Waals surface area (Å²) in [5.41, 5.74) is 2.62. The molecule has 0 bridgehead atoms. The second kappa shape index (κ2) is 13.9. The molecule has 4 nitrogen and oxygen atoms in total. The van der Waals surface area contributed by atoms with Crippen molar-refractivity contribution in [1.29, 1.82) is 0 Å². The van der Waals surface area contributed by atoms with Gasteiger partial charge < -0.3 is 18.9 Å². The minimum absolute atomic E-state index is 0.127. The Hall–Kier alpha value is -0.0731. The van der Waals surface area contributed by atoms with E-state index in [2.05, 4.69) is 12.6 Å². The molecule has 0 aliphatic heterocycles. The average molecular weight is 305 g/mol. The summed E-state index contributed by atoms with van der Waals surface area (Å²) in [5.74, 6) is 0. The standard InChI is InChI=1S/C15H32O4Si/c1-6-11-20(14(18-9-4)12-16-7-2)15(19-10-5)13-17-8-3/h11,14-15H,6-10,12-13H2,1-5H3. The molecule has 0 saturated heterocycles. The van der Waals surface area contributed by atoms with E-state index in [0.717, 1.165) is 19.6 Å². The fourth-order valence-corrected chi connectivity index (χ4v) is 4.79. The lowest BCUT2D eigenvalue weighted by Crippen LogP contribution is -2.45. The van der Waals surface area contributed by atoms with Crippen molar-refractivity contribution < 1.29 is 18.9 Å². The van der Waals surface area contributed by atoms with Gasteiger partial charge in [-0.15, -0.1) is 0 Å². The van der Waals surface area contributed by atoms with E-state index in [1.165, 1.54) is 0 Å². The Kier molecular flexibility index (Phi) is 13.8. The fourth-order valence-electron chi connectivity index (χ4n) is 2.04. The summed E-state index contributed by atoms with van der Waals surface area (Å²) in [5, 5.41) is 0. The van der Waals surface area contributed by atoms with Crippen LogP contribution >= 0.6 is 0 Å². The molecule has 0 aromatic rings. The zero-order chi connectivity index (χ0) is 15.2. The zero-order valence-electron chi connectivity index (χ0n) is 13.8. The third kappa shape index (κ3) is 8.27. The third-order valence-corrected chi connectivity index (χ3v) is 5.90. The number of rotatable bonds is 13. The van der Waals surface area contributed by atoms with Gasteiger partial charge in [-0.3, -0.25) is 0 Å². The van der Waals surface area contributed by atoms with Gasteiger partial charge in [-0.25, -0.2) is 0 Å². The highest BCUT2D eigenvalue weighted by molar-refractivity contribution is 6.68. The van der Waals surface area contributed by atoms with Crippen LogP contribution in [0, 0.1) is 0 Å². The van der Waals surface area contributed by atoms with Gasteiger partial charge in [0.15, 0.2) is 0 Å². The smallest absolute Gasteiger partial charge is 0.0876 e. The summed E-state index contributed by atoms with van der Waals surface area (Å²) in [6.45, 7) is 14.4. The molecule has 0 saturated carbocycles. The maximum Gasteiger partial charge on any atom is 0.0876 e. The topological polar surface area (TPSA) is 36.9 Å². The minimum atomic E-state index is -0.962. The predicted octanol–water partition coefficient (Wildman–Crippen LogP) is 2.24. The molecular formula is C15H32O4Si. The normalized spacial score (nSPS) is 14.1.